The van der Waals surface area contributed by atoms with Gasteiger partial charge in [-0.15, -0.1) is 0 Å². The molecule has 0 unspecified atom stereocenters. The van der Waals surface area contributed by atoms with E-state index < -0.39 is 0 Å². The van der Waals surface area contributed by atoms with Crippen LogP contribution in [0.15, 0.2) is 91.1 Å². The second-order valence-electron chi connectivity index (χ2n) is 8.94. The van der Waals surface area contributed by atoms with E-state index in [0.29, 0.717) is 6.67 Å². The Morgan fingerprint density at radius 2 is 1.08 bits per heavy atom. The molecule has 0 amide bonds. The Morgan fingerprint density at radius 3 is 1.66 bits per heavy atom. The maximum atomic E-state index is 4.50. The van der Waals surface area contributed by atoms with Crippen molar-refractivity contribution in [3.8, 4) is 22.5 Å². The van der Waals surface area contributed by atoms with E-state index in [4.69, 9.17) is 0 Å². The molecule has 180 valence electrons. The van der Waals surface area contributed by atoms with Crippen molar-refractivity contribution in [2.24, 2.45) is 4.99 Å². The van der Waals surface area contributed by atoms with Gasteiger partial charge in [0.25, 0.3) is 0 Å². The van der Waals surface area contributed by atoms with Crippen LogP contribution in [0, 0.1) is 0 Å². The summed E-state index contributed by atoms with van der Waals surface area (Å²) in [4.78, 5) is 30.5. The third-order valence-corrected chi connectivity index (χ3v) is 6.90. The Kier molecular flexibility index (Phi) is 4.35. The summed E-state index contributed by atoms with van der Waals surface area (Å²) >= 11 is 0. The third-order valence-electron chi connectivity index (χ3n) is 6.90. The van der Waals surface area contributed by atoms with E-state index >= 15 is 0 Å². The van der Waals surface area contributed by atoms with Gasteiger partial charge in [0.15, 0.2) is 0 Å². The van der Waals surface area contributed by atoms with Crippen LogP contribution in [-0.4, -0.2) is 51.9 Å². The van der Waals surface area contributed by atoms with Crippen LogP contribution in [-0.2, 0) is 0 Å². The van der Waals surface area contributed by atoms with Crippen molar-refractivity contribution in [1.29, 1.82) is 0 Å². The highest BCUT2D eigenvalue weighted by Gasteiger charge is 2.20. The second-order valence-corrected chi connectivity index (χ2v) is 8.94. The molecule has 0 fully saturated rings. The molecule has 1 aliphatic rings. The normalized spacial score (nSPS) is 12.7. The minimum atomic E-state index is 0.541. The van der Waals surface area contributed by atoms with Gasteiger partial charge >= 0.3 is 0 Å². The highest BCUT2D eigenvalue weighted by Crippen LogP contribution is 2.34. The van der Waals surface area contributed by atoms with Gasteiger partial charge in [-0.05, 0) is 35.4 Å². The van der Waals surface area contributed by atoms with Crippen LogP contribution in [0.2, 0.25) is 0 Å². The van der Waals surface area contributed by atoms with Crippen LogP contribution in [0.1, 0.15) is 5.69 Å². The predicted molar refractivity (Wildman–Crippen MR) is 146 cm³/mol. The Balaban J connectivity index is 1.18. The number of hydrogen-bond donors (Lipinski definition) is 1. The van der Waals surface area contributed by atoms with Crippen molar-refractivity contribution in [1.82, 2.24) is 39.0 Å². The number of hydrogen-bond acceptors (Lipinski definition) is 8. The van der Waals surface area contributed by atoms with Gasteiger partial charge in [0.05, 0.1) is 46.5 Å². The fraction of sp³-hybridized carbons (Fsp3) is 0.0357. The molecular formula is C28H18N10. The number of nitrogens with one attached hydrogen (secondary N) is 1. The maximum Gasteiger partial charge on any atom is 0.118 e. The van der Waals surface area contributed by atoms with E-state index in [1.54, 1.807) is 19.0 Å². The average Bonchev–Trinajstić information content (AvgIpc) is 3.51. The summed E-state index contributed by atoms with van der Waals surface area (Å²) in [5.41, 5.74) is 11.4. The molecule has 0 radical (unpaired) electrons. The molecule has 10 heteroatoms. The zero-order valence-corrected chi connectivity index (χ0v) is 19.9. The minimum Gasteiger partial charge on any atom is -0.363 e. The van der Waals surface area contributed by atoms with Gasteiger partial charge in [-0.3, -0.25) is 4.99 Å². The van der Waals surface area contributed by atoms with Crippen LogP contribution in [0.25, 0.3) is 55.6 Å². The Labute approximate surface area is 215 Å². The molecular weight excluding hydrogens is 476 g/mol. The smallest absolute Gasteiger partial charge is 0.118 e. The second kappa shape index (κ2) is 8.00. The standard InChI is InChI=1S/C28H18N10/c1-5-19(37-21-9-29-13-33-25(21)26-22(37)10-30-14-34-26)6-2-17(1)18-3-7-20(8-4-18)38-23-11-31-15-35-27(23)28-24(38)12-32-16-36-28/h1-15,36H,16H2. The highest BCUT2D eigenvalue weighted by molar-refractivity contribution is 6.04. The third kappa shape index (κ3) is 2.97. The summed E-state index contributed by atoms with van der Waals surface area (Å²) in [5.74, 6) is 0. The molecule has 7 aromatic rings. The molecule has 5 aromatic heterocycles. The Bertz CT molecular complexity index is 1960. The van der Waals surface area contributed by atoms with E-state index in [-0.39, 0.29) is 0 Å². The van der Waals surface area contributed by atoms with Crippen LogP contribution in [0.3, 0.4) is 0 Å². The average molecular weight is 495 g/mol. The van der Waals surface area contributed by atoms with Gasteiger partial charge in [-0.1, -0.05) is 24.3 Å². The molecule has 0 saturated heterocycles. The first-order chi connectivity index (χ1) is 18.9. The topological polar surface area (TPSA) is 112 Å². The lowest BCUT2D eigenvalue weighted by Crippen LogP contribution is -2.09. The van der Waals surface area contributed by atoms with Gasteiger partial charge in [0, 0.05) is 17.6 Å². The highest BCUT2D eigenvalue weighted by atomic mass is 15.1. The van der Waals surface area contributed by atoms with Crippen molar-refractivity contribution in [3.05, 3.63) is 91.8 Å². The molecule has 6 heterocycles. The van der Waals surface area contributed by atoms with Crippen LogP contribution in [0.5, 0.6) is 0 Å². The molecule has 8 rings (SSSR count). The van der Waals surface area contributed by atoms with Gasteiger partial charge in [0.2, 0.25) is 0 Å². The lowest BCUT2D eigenvalue weighted by atomic mass is 10.0. The fourth-order valence-corrected chi connectivity index (χ4v) is 5.22. The van der Waals surface area contributed by atoms with Crippen LogP contribution in [0.4, 0.5) is 5.69 Å². The lowest BCUT2D eigenvalue weighted by molar-refractivity contribution is 1.06. The van der Waals surface area contributed by atoms with Crippen molar-refractivity contribution in [2.45, 2.75) is 0 Å². The predicted octanol–water partition coefficient (Wildman–Crippen LogP) is 4.57. The summed E-state index contributed by atoms with van der Waals surface area (Å²) in [5, 5.41) is 3.35. The number of aliphatic imine (C=N–C) groups is 1. The quantitative estimate of drug-likeness (QED) is 0.383. The monoisotopic (exact) mass is 494 g/mol. The first-order valence-corrected chi connectivity index (χ1v) is 12.1. The molecule has 0 bridgehead atoms. The van der Waals surface area contributed by atoms with Gasteiger partial charge in [-0.2, -0.15) is 0 Å². The van der Waals surface area contributed by atoms with E-state index in [1.807, 2.05) is 24.8 Å². The molecule has 0 saturated carbocycles. The summed E-state index contributed by atoms with van der Waals surface area (Å²) in [6, 6.07) is 16.9. The zero-order valence-electron chi connectivity index (χ0n) is 19.9. The number of fused-ring (bicyclic) bond motifs is 6. The first-order valence-electron chi connectivity index (χ1n) is 12.1. The minimum absolute atomic E-state index is 0.541. The Hall–Kier alpha value is -5.51. The largest absolute Gasteiger partial charge is 0.363 e. The fourth-order valence-electron chi connectivity index (χ4n) is 5.22. The molecule has 0 spiro atoms. The summed E-state index contributed by atoms with van der Waals surface area (Å²) in [6.07, 6.45) is 12.0. The molecule has 0 atom stereocenters. The zero-order chi connectivity index (χ0) is 25.1. The maximum absolute atomic E-state index is 4.50. The number of nitrogens with zero attached hydrogens (tertiary/aromatic N) is 9. The van der Waals surface area contributed by atoms with Crippen molar-refractivity contribution in [3.63, 3.8) is 0 Å². The summed E-state index contributed by atoms with van der Waals surface area (Å²) < 4.78 is 4.23. The lowest BCUT2D eigenvalue weighted by Gasteiger charge is -2.13. The molecule has 1 N–H and O–H groups in total. The number of rotatable bonds is 3. The van der Waals surface area contributed by atoms with Crippen molar-refractivity contribution in [2.75, 3.05) is 12.0 Å². The van der Waals surface area contributed by atoms with E-state index in [1.165, 1.54) is 0 Å². The van der Waals surface area contributed by atoms with E-state index in [9.17, 15) is 0 Å². The summed E-state index contributed by atoms with van der Waals surface area (Å²) in [7, 11) is 0. The number of benzene rings is 2. The van der Waals surface area contributed by atoms with Crippen LogP contribution >= 0.6 is 0 Å². The molecule has 1 aliphatic heterocycles. The van der Waals surface area contributed by atoms with Crippen molar-refractivity contribution >= 4 is 45.0 Å². The van der Waals surface area contributed by atoms with Crippen molar-refractivity contribution < 1.29 is 0 Å². The first kappa shape index (κ1) is 20.7. The summed E-state index contributed by atoms with van der Waals surface area (Å²) in [6.45, 7) is 0.541. The SMILES string of the molecule is C1=NCNc2c1n(-c1ccc(-c3ccc(-n4c5cncnc5c5ncncc54)cc3)cc1)c1cncnc21. The van der Waals surface area contributed by atoms with E-state index in [2.05, 4.69) is 97.9 Å². The molecule has 0 aliphatic carbocycles. The molecule has 10 nitrogen and oxygen atoms in total. The number of anilines is 1. The molecule has 2 aromatic carbocycles. The van der Waals surface area contributed by atoms with E-state index in [0.717, 1.165) is 67.0 Å². The van der Waals surface area contributed by atoms with Gasteiger partial charge in [-0.25, -0.2) is 29.9 Å². The number of aromatic nitrogens is 8. The van der Waals surface area contributed by atoms with Crippen LogP contribution < -0.4 is 5.32 Å². The molecule has 38 heavy (non-hydrogen) atoms. The van der Waals surface area contributed by atoms with Gasteiger partial charge < -0.3 is 14.5 Å². The van der Waals surface area contributed by atoms with Gasteiger partial charge in [0.1, 0.15) is 42.2 Å². The Morgan fingerprint density at radius 1 is 0.579 bits per heavy atom.